The molecule has 1 fully saturated rings. The number of hydrogen-bond acceptors (Lipinski definition) is 9. The molecule has 4 N–H and O–H groups in total. The van der Waals surface area contributed by atoms with Crippen molar-refractivity contribution < 1.29 is 43.5 Å². The first-order valence-corrected chi connectivity index (χ1v) is 13.9. The van der Waals surface area contributed by atoms with Gasteiger partial charge in [-0.25, -0.2) is 9.59 Å². The van der Waals surface area contributed by atoms with Crippen molar-refractivity contribution in [2.75, 3.05) is 11.9 Å². The summed E-state index contributed by atoms with van der Waals surface area (Å²) < 4.78 is 21.2. The molecular formula is C23H35NO9Si. The number of carbonyl (C=O) groups excluding carboxylic acids is 2. The second-order valence-corrected chi connectivity index (χ2v) is 14.4. The Balaban J connectivity index is 1.95. The van der Waals surface area contributed by atoms with Crippen LogP contribution in [0.2, 0.25) is 18.1 Å². The van der Waals surface area contributed by atoms with Crippen LogP contribution in [0.15, 0.2) is 36.9 Å². The Morgan fingerprint density at radius 3 is 2.29 bits per heavy atom. The lowest BCUT2D eigenvalue weighted by atomic mass is 9.99. The lowest BCUT2D eigenvalue weighted by Gasteiger charge is -2.38. The Hall–Kier alpha value is -2.28. The minimum atomic E-state index is -1.89. The van der Waals surface area contributed by atoms with Crippen LogP contribution in [0.5, 0.6) is 0 Å². The van der Waals surface area contributed by atoms with Crippen molar-refractivity contribution >= 4 is 26.1 Å². The van der Waals surface area contributed by atoms with E-state index in [1.54, 1.807) is 24.3 Å². The summed E-state index contributed by atoms with van der Waals surface area (Å²) in [5, 5.41) is 32.7. The van der Waals surface area contributed by atoms with Gasteiger partial charge >= 0.3 is 12.1 Å². The molecule has 190 valence electrons. The van der Waals surface area contributed by atoms with E-state index in [9.17, 15) is 24.9 Å². The number of carbonyl (C=O) groups is 2. The summed E-state index contributed by atoms with van der Waals surface area (Å²) in [7, 11) is -1.89. The first-order chi connectivity index (χ1) is 15.8. The maximum atomic E-state index is 12.3. The highest BCUT2D eigenvalue weighted by Crippen LogP contribution is 2.37. The van der Waals surface area contributed by atoms with Crippen molar-refractivity contribution in [3.05, 3.63) is 42.5 Å². The van der Waals surface area contributed by atoms with Gasteiger partial charge in [-0.1, -0.05) is 45.6 Å². The van der Waals surface area contributed by atoms with Crippen LogP contribution in [0, 0.1) is 0 Å². The summed E-state index contributed by atoms with van der Waals surface area (Å²) in [6, 6.07) is 6.94. The van der Waals surface area contributed by atoms with Gasteiger partial charge in [0.2, 0.25) is 6.29 Å². The largest absolute Gasteiger partial charge is 0.459 e. The van der Waals surface area contributed by atoms with E-state index in [0.717, 1.165) is 5.56 Å². The first kappa shape index (κ1) is 28.0. The van der Waals surface area contributed by atoms with Crippen LogP contribution in [-0.4, -0.2) is 73.0 Å². The Bertz CT molecular complexity index is 853. The van der Waals surface area contributed by atoms with Gasteiger partial charge in [0.05, 0.1) is 6.61 Å². The molecule has 2 rings (SSSR count). The van der Waals surface area contributed by atoms with Gasteiger partial charge < -0.3 is 34.0 Å². The van der Waals surface area contributed by atoms with Crippen LogP contribution < -0.4 is 5.32 Å². The van der Waals surface area contributed by atoms with Crippen LogP contribution in [0.4, 0.5) is 10.5 Å². The summed E-state index contributed by atoms with van der Waals surface area (Å²) in [4.78, 5) is 24.3. The fraction of sp³-hybridized carbons (Fsp3) is 0.565. The molecule has 1 amide bonds. The molecule has 34 heavy (non-hydrogen) atoms. The molecule has 1 heterocycles. The predicted octanol–water partition coefficient (Wildman–Crippen LogP) is 2.29. The summed E-state index contributed by atoms with van der Waals surface area (Å²) in [6.45, 7) is 14.5. The summed E-state index contributed by atoms with van der Waals surface area (Å²) >= 11 is 0. The van der Waals surface area contributed by atoms with Crippen LogP contribution >= 0.6 is 0 Å². The molecule has 10 nitrogen and oxygen atoms in total. The SMILES string of the molecule is C=CCOC(=O)C1OC(OC(=O)Nc2ccc(CO[Si](C)(C)C(C)(C)C)cc2)C(O)C(O)C1O. The number of esters is 1. The molecule has 1 aliphatic rings. The van der Waals surface area contributed by atoms with E-state index in [0.29, 0.717) is 12.3 Å². The van der Waals surface area contributed by atoms with E-state index >= 15 is 0 Å². The number of benzene rings is 1. The van der Waals surface area contributed by atoms with E-state index < -0.39 is 51.1 Å². The van der Waals surface area contributed by atoms with Crippen molar-refractivity contribution in [1.82, 2.24) is 0 Å². The maximum Gasteiger partial charge on any atom is 0.414 e. The quantitative estimate of drug-likeness (QED) is 0.242. The number of aliphatic hydroxyl groups is 3. The maximum absolute atomic E-state index is 12.3. The highest BCUT2D eigenvalue weighted by Gasteiger charge is 2.49. The van der Waals surface area contributed by atoms with Gasteiger partial charge in [0, 0.05) is 5.69 Å². The second kappa shape index (κ2) is 11.4. The van der Waals surface area contributed by atoms with Gasteiger partial charge in [0.1, 0.15) is 24.9 Å². The van der Waals surface area contributed by atoms with Crippen LogP contribution in [0.1, 0.15) is 26.3 Å². The van der Waals surface area contributed by atoms with E-state index in [1.807, 2.05) is 0 Å². The third kappa shape index (κ3) is 7.11. The Labute approximate surface area is 200 Å². The Kier molecular flexibility index (Phi) is 9.40. The third-order valence-electron chi connectivity index (χ3n) is 5.97. The van der Waals surface area contributed by atoms with E-state index in [-0.39, 0.29) is 11.6 Å². The third-order valence-corrected chi connectivity index (χ3v) is 10.5. The predicted molar refractivity (Wildman–Crippen MR) is 126 cm³/mol. The molecule has 1 aromatic carbocycles. The van der Waals surface area contributed by atoms with Crippen molar-refractivity contribution in [1.29, 1.82) is 0 Å². The molecule has 5 atom stereocenters. The van der Waals surface area contributed by atoms with Gasteiger partial charge in [-0.15, -0.1) is 0 Å². The lowest BCUT2D eigenvalue weighted by molar-refractivity contribution is -0.278. The molecule has 5 unspecified atom stereocenters. The average Bonchev–Trinajstić information content (AvgIpc) is 2.76. The fourth-order valence-corrected chi connectivity index (χ4v) is 3.74. The standard InChI is InChI=1S/C23H35NO9Si/c1-7-12-30-20(28)19-17(26)16(25)18(27)21(32-19)33-22(29)24-15-10-8-14(9-11-15)13-31-34(5,6)23(2,3)4/h7-11,16-19,21,25-27H,1,12-13H2,2-6H3,(H,24,29). The molecule has 1 aromatic rings. The van der Waals surface area contributed by atoms with Gasteiger partial charge in [0.25, 0.3) is 0 Å². The highest BCUT2D eigenvalue weighted by molar-refractivity contribution is 6.74. The summed E-state index contributed by atoms with van der Waals surface area (Å²) in [5.41, 5.74) is 1.35. The fourth-order valence-electron chi connectivity index (χ4n) is 2.78. The number of anilines is 1. The van der Waals surface area contributed by atoms with Gasteiger partial charge in [-0.3, -0.25) is 5.32 Å². The van der Waals surface area contributed by atoms with Crippen molar-refractivity contribution in [3.63, 3.8) is 0 Å². The number of rotatable bonds is 8. The number of ether oxygens (including phenoxy) is 3. The smallest absolute Gasteiger partial charge is 0.414 e. The van der Waals surface area contributed by atoms with Gasteiger partial charge in [-0.2, -0.15) is 0 Å². The topological polar surface area (TPSA) is 144 Å². The average molecular weight is 498 g/mol. The molecule has 0 bridgehead atoms. The number of amides is 1. The molecule has 0 radical (unpaired) electrons. The Morgan fingerprint density at radius 2 is 1.74 bits per heavy atom. The van der Waals surface area contributed by atoms with Crippen LogP contribution in [0.25, 0.3) is 0 Å². The van der Waals surface area contributed by atoms with Crippen molar-refractivity contribution in [2.45, 2.75) is 76.2 Å². The molecule has 11 heteroatoms. The van der Waals surface area contributed by atoms with Gasteiger partial charge in [0.15, 0.2) is 14.4 Å². The van der Waals surface area contributed by atoms with Crippen molar-refractivity contribution in [2.24, 2.45) is 0 Å². The zero-order chi connectivity index (χ0) is 25.7. The van der Waals surface area contributed by atoms with E-state index in [1.165, 1.54) is 6.08 Å². The lowest BCUT2D eigenvalue weighted by Crippen LogP contribution is -2.61. The molecular weight excluding hydrogens is 462 g/mol. The van der Waals surface area contributed by atoms with E-state index in [2.05, 4.69) is 45.8 Å². The minimum absolute atomic E-state index is 0.0923. The minimum Gasteiger partial charge on any atom is -0.459 e. The molecule has 0 saturated carbocycles. The number of aliphatic hydroxyl groups excluding tert-OH is 3. The summed E-state index contributed by atoms with van der Waals surface area (Å²) in [6.07, 6.45) is -8.39. The highest BCUT2D eigenvalue weighted by atomic mass is 28.4. The molecule has 0 spiro atoms. The van der Waals surface area contributed by atoms with Crippen LogP contribution in [0.3, 0.4) is 0 Å². The molecule has 0 aliphatic carbocycles. The molecule has 1 saturated heterocycles. The summed E-state index contributed by atoms with van der Waals surface area (Å²) in [5.74, 6) is -0.997. The van der Waals surface area contributed by atoms with Gasteiger partial charge in [-0.05, 0) is 35.8 Å². The molecule has 0 aromatic heterocycles. The number of nitrogens with one attached hydrogen (secondary N) is 1. The zero-order valence-corrected chi connectivity index (χ0v) is 21.2. The van der Waals surface area contributed by atoms with Crippen molar-refractivity contribution in [3.8, 4) is 0 Å². The van der Waals surface area contributed by atoms with Crippen LogP contribution in [-0.2, 0) is 30.0 Å². The normalized spacial score (nSPS) is 25.4. The first-order valence-electron chi connectivity index (χ1n) is 10.9. The monoisotopic (exact) mass is 497 g/mol. The Morgan fingerprint density at radius 1 is 1.12 bits per heavy atom. The zero-order valence-electron chi connectivity index (χ0n) is 20.2. The second-order valence-electron chi connectivity index (χ2n) is 9.59. The molecule has 1 aliphatic heterocycles. The van der Waals surface area contributed by atoms with E-state index in [4.69, 9.17) is 18.6 Å². The number of hydrogen-bond donors (Lipinski definition) is 4.